The molecule has 0 spiro atoms. The first-order valence-electron chi connectivity index (χ1n) is 6.20. The van der Waals surface area contributed by atoms with Crippen molar-refractivity contribution in [2.45, 2.75) is 32.1 Å². The molecule has 0 aliphatic rings. The lowest BCUT2D eigenvalue weighted by atomic mass is 10.1. The summed E-state index contributed by atoms with van der Waals surface area (Å²) in [5.74, 6) is -0.0600. The highest BCUT2D eigenvalue weighted by Gasteiger charge is 2.21. The first-order valence-corrected chi connectivity index (χ1v) is 7.85. The van der Waals surface area contributed by atoms with Gasteiger partial charge in [0.05, 0.1) is 11.4 Å². The van der Waals surface area contributed by atoms with Gasteiger partial charge in [-0.25, -0.2) is 13.1 Å². The van der Waals surface area contributed by atoms with Crippen LogP contribution in [0.2, 0.25) is 0 Å². The highest BCUT2D eigenvalue weighted by molar-refractivity contribution is 7.88. The lowest BCUT2D eigenvalue weighted by molar-refractivity contribution is -0.00515. The van der Waals surface area contributed by atoms with E-state index in [1.54, 1.807) is 24.3 Å². The number of nitrogen functional groups attached to an aromatic ring is 1. The van der Waals surface area contributed by atoms with Gasteiger partial charge in [-0.3, -0.25) is 0 Å². The minimum absolute atomic E-state index is 0.0600. The van der Waals surface area contributed by atoms with E-state index in [2.05, 4.69) is 4.72 Å². The number of benzene rings is 1. The summed E-state index contributed by atoms with van der Waals surface area (Å²) in [4.78, 5) is 0. The van der Waals surface area contributed by atoms with Crippen LogP contribution in [0.3, 0.4) is 0 Å². The molecule has 0 fully saturated rings. The lowest BCUT2D eigenvalue weighted by Gasteiger charge is -2.24. The number of rotatable bonds is 7. The minimum atomic E-state index is -3.37. The van der Waals surface area contributed by atoms with Crippen molar-refractivity contribution < 1.29 is 13.2 Å². The summed E-state index contributed by atoms with van der Waals surface area (Å²) in [5, 5.41) is 0. The van der Waals surface area contributed by atoms with Gasteiger partial charge in [-0.15, -0.1) is 0 Å². The van der Waals surface area contributed by atoms with Crippen LogP contribution in [0.15, 0.2) is 24.3 Å². The molecule has 0 aliphatic heterocycles. The molecule has 1 aromatic rings. The molecule has 0 bridgehead atoms. The molecule has 0 radical (unpaired) electrons. The second kappa shape index (κ2) is 6.36. The van der Waals surface area contributed by atoms with E-state index in [0.717, 1.165) is 0 Å². The fourth-order valence-corrected chi connectivity index (χ4v) is 2.91. The van der Waals surface area contributed by atoms with Crippen molar-refractivity contribution in [3.63, 3.8) is 0 Å². The van der Waals surface area contributed by atoms with E-state index in [4.69, 9.17) is 10.5 Å². The van der Waals surface area contributed by atoms with Crippen molar-refractivity contribution in [3.8, 4) is 0 Å². The van der Waals surface area contributed by atoms with Gasteiger partial charge in [-0.2, -0.15) is 0 Å². The normalized spacial score (nSPS) is 12.6. The van der Waals surface area contributed by atoms with E-state index in [1.165, 1.54) is 0 Å². The van der Waals surface area contributed by atoms with Crippen molar-refractivity contribution >= 4 is 15.7 Å². The Balaban J connectivity index is 2.59. The number of sulfonamides is 1. The summed E-state index contributed by atoms with van der Waals surface area (Å²) < 4.78 is 31.9. The predicted molar refractivity (Wildman–Crippen MR) is 77.2 cm³/mol. The standard InChI is InChI=1S/C13H22N2O3S/c1-4-18-13(2,3)10-15-19(16,17)9-11-5-7-12(14)8-6-11/h5-8,15H,4,9-10,14H2,1-3H3. The van der Waals surface area contributed by atoms with E-state index in [9.17, 15) is 8.42 Å². The van der Waals surface area contributed by atoms with E-state index in [1.807, 2.05) is 20.8 Å². The maximum Gasteiger partial charge on any atom is 0.215 e. The van der Waals surface area contributed by atoms with Gasteiger partial charge < -0.3 is 10.5 Å². The number of anilines is 1. The number of hydrogen-bond acceptors (Lipinski definition) is 4. The number of nitrogens with one attached hydrogen (secondary N) is 1. The Morgan fingerprint density at radius 2 is 1.84 bits per heavy atom. The van der Waals surface area contributed by atoms with Gasteiger partial charge in [0.15, 0.2) is 0 Å². The average Bonchev–Trinajstić information content (AvgIpc) is 2.30. The smallest absolute Gasteiger partial charge is 0.215 e. The molecule has 0 aromatic heterocycles. The molecular formula is C13H22N2O3S. The largest absolute Gasteiger partial charge is 0.399 e. The highest BCUT2D eigenvalue weighted by atomic mass is 32.2. The first-order chi connectivity index (χ1) is 8.74. The SMILES string of the molecule is CCOC(C)(C)CNS(=O)(=O)Cc1ccc(N)cc1. The second-order valence-electron chi connectivity index (χ2n) is 5.01. The van der Waals surface area contributed by atoms with Crippen molar-refractivity contribution in [1.29, 1.82) is 0 Å². The molecule has 0 amide bonds. The van der Waals surface area contributed by atoms with Crippen LogP contribution in [0.1, 0.15) is 26.3 Å². The molecule has 19 heavy (non-hydrogen) atoms. The van der Waals surface area contributed by atoms with E-state index in [0.29, 0.717) is 17.9 Å². The molecule has 3 N–H and O–H groups in total. The monoisotopic (exact) mass is 286 g/mol. The zero-order valence-electron chi connectivity index (χ0n) is 11.6. The third-order valence-corrected chi connectivity index (χ3v) is 3.89. The fourth-order valence-electron chi connectivity index (χ4n) is 1.61. The minimum Gasteiger partial charge on any atom is -0.399 e. The van der Waals surface area contributed by atoms with Gasteiger partial charge in [0.1, 0.15) is 0 Å². The molecule has 5 nitrogen and oxygen atoms in total. The van der Waals surface area contributed by atoms with Crippen molar-refractivity contribution in [2.75, 3.05) is 18.9 Å². The Bertz CT molecular complexity index is 495. The van der Waals surface area contributed by atoms with Crippen molar-refractivity contribution in [3.05, 3.63) is 29.8 Å². The van der Waals surface area contributed by atoms with Gasteiger partial charge in [0.25, 0.3) is 0 Å². The van der Waals surface area contributed by atoms with E-state index < -0.39 is 15.6 Å². The summed E-state index contributed by atoms with van der Waals surface area (Å²) in [6.45, 7) is 6.37. The van der Waals surface area contributed by atoms with Gasteiger partial charge in [-0.05, 0) is 38.5 Å². The zero-order valence-corrected chi connectivity index (χ0v) is 12.5. The molecule has 6 heteroatoms. The van der Waals surface area contributed by atoms with Crippen LogP contribution in [-0.4, -0.2) is 27.2 Å². The average molecular weight is 286 g/mol. The molecule has 1 rings (SSSR count). The third-order valence-electron chi connectivity index (χ3n) is 2.59. The van der Waals surface area contributed by atoms with Crippen LogP contribution in [-0.2, 0) is 20.5 Å². The van der Waals surface area contributed by atoms with Crippen molar-refractivity contribution in [2.24, 2.45) is 0 Å². The molecule has 108 valence electrons. The molecule has 0 unspecified atom stereocenters. The van der Waals surface area contributed by atoms with Gasteiger partial charge in [-0.1, -0.05) is 12.1 Å². The van der Waals surface area contributed by atoms with Crippen LogP contribution in [0.5, 0.6) is 0 Å². The maximum atomic E-state index is 11.9. The van der Waals surface area contributed by atoms with Gasteiger partial charge in [0, 0.05) is 18.8 Å². The lowest BCUT2D eigenvalue weighted by Crippen LogP contribution is -2.40. The van der Waals surface area contributed by atoms with Crippen LogP contribution in [0, 0.1) is 0 Å². The fraction of sp³-hybridized carbons (Fsp3) is 0.538. The molecule has 0 aliphatic carbocycles. The van der Waals surface area contributed by atoms with Gasteiger partial charge in [0.2, 0.25) is 10.0 Å². The Labute approximate surface area is 115 Å². The van der Waals surface area contributed by atoms with Crippen molar-refractivity contribution in [1.82, 2.24) is 4.72 Å². The van der Waals surface area contributed by atoms with E-state index in [-0.39, 0.29) is 12.3 Å². The van der Waals surface area contributed by atoms with E-state index >= 15 is 0 Å². The number of nitrogens with two attached hydrogens (primary N) is 1. The van der Waals surface area contributed by atoms with Crippen LogP contribution in [0.25, 0.3) is 0 Å². The quantitative estimate of drug-likeness (QED) is 0.744. The maximum absolute atomic E-state index is 11.9. The zero-order chi connectivity index (χ0) is 14.5. The highest BCUT2D eigenvalue weighted by Crippen LogP contribution is 2.11. The topological polar surface area (TPSA) is 81.4 Å². The number of hydrogen-bond donors (Lipinski definition) is 2. The summed E-state index contributed by atoms with van der Waals surface area (Å²) in [7, 11) is -3.37. The molecule has 0 atom stereocenters. The summed E-state index contributed by atoms with van der Waals surface area (Å²) in [6, 6.07) is 6.80. The molecular weight excluding hydrogens is 264 g/mol. The summed E-state index contributed by atoms with van der Waals surface area (Å²) in [6.07, 6.45) is 0. The molecule has 0 saturated carbocycles. The first kappa shape index (κ1) is 15.9. The predicted octanol–water partition coefficient (Wildman–Crippen LogP) is 1.50. The number of ether oxygens (including phenoxy) is 1. The molecule has 0 saturated heterocycles. The third kappa shape index (κ3) is 6.04. The Morgan fingerprint density at radius 3 is 2.37 bits per heavy atom. The molecule has 0 heterocycles. The van der Waals surface area contributed by atoms with Gasteiger partial charge >= 0.3 is 0 Å². The Kier molecular flexibility index (Phi) is 5.34. The van der Waals surface area contributed by atoms with Crippen LogP contribution in [0.4, 0.5) is 5.69 Å². The second-order valence-corrected chi connectivity index (χ2v) is 6.82. The molecule has 1 aromatic carbocycles. The Hall–Kier alpha value is -1.11. The summed E-state index contributed by atoms with van der Waals surface area (Å²) in [5.41, 5.74) is 6.37. The summed E-state index contributed by atoms with van der Waals surface area (Å²) >= 11 is 0. The van der Waals surface area contributed by atoms with Crippen LogP contribution >= 0.6 is 0 Å². The Morgan fingerprint density at radius 1 is 1.26 bits per heavy atom. The van der Waals surface area contributed by atoms with Crippen LogP contribution < -0.4 is 10.5 Å².